The van der Waals surface area contributed by atoms with Crippen molar-refractivity contribution in [2.45, 2.75) is 19.8 Å². The Labute approximate surface area is 109 Å². The van der Waals surface area contributed by atoms with Gasteiger partial charge in [-0.05, 0) is 6.92 Å². The number of nitrogens with one attached hydrogen (secondary N) is 1. The minimum Gasteiger partial charge on any atom is -0.369 e. The zero-order valence-electron chi connectivity index (χ0n) is 9.64. The summed E-state index contributed by atoms with van der Waals surface area (Å²) >= 11 is 7.53. The lowest BCUT2D eigenvalue weighted by atomic mass is 10.2. The van der Waals surface area contributed by atoms with Gasteiger partial charge in [0.15, 0.2) is 0 Å². The van der Waals surface area contributed by atoms with Gasteiger partial charge in [-0.25, -0.2) is 15.0 Å². The van der Waals surface area contributed by atoms with E-state index in [1.54, 1.807) is 17.4 Å². The van der Waals surface area contributed by atoms with E-state index in [1.165, 1.54) is 0 Å². The maximum Gasteiger partial charge on any atom is 0.134 e. The average molecular weight is 269 g/mol. The van der Waals surface area contributed by atoms with E-state index in [9.17, 15) is 0 Å². The maximum atomic E-state index is 5.86. The van der Waals surface area contributed by atoms with Crippen molar-refractivity contribution < 1.29 is 0 Å². The second kappa shape index (κ2) is 5.42. The molecular formula is C11H13ClN4S. The fourth-order valence-electron chi connectivity index (χ4n) is 1.44. The van der Waals surface area contributed by atoms with Crippen molar-refractivity contribution >= 4 is 28.8 Å². The Morgan fingerprint density at radius 1 is 1.47 bits per heavy atom. The van der Waals surface area contributed by atoms with Crippen molar-refractivity contribution in [2.24, 2.45) is 0 Å². The summed E-state index contributed by atoms with van der Waals surface area (Å²) in [7, 11) is 0. The molecule has 90 valence electrons. The molecule has 0 aliphatic heterocycles. The summed E-state index contributed by atoms with van der Waals surface area (Å²) < 4.78 is 0. The average Bonchev–Trinajstić information content (AvgIpc) is 2.78. The molecule has 2 heterocycles. The van der Waals surface area contributed by atoms with Crippen LogP contribution in [0.2, 0.25) is 5.15 Å². The van der Waals surface area contributed by atoms with Gasteiger partial charge in [-0.2, -0.15) is 0 Å². The smallest absolute Gasteiger partial charge is 0.134 e. The van der Waals surface area contributed by atoms with Gasteiger partial charge in [-0.15, -0.1) is 11.3 Å². The van der Waals surface area contributed by atoms with Crippen LogP contribution in [0.3, 0.4) is 0 Å². The van der Waals surface area contributed by atoms with Crippen LogP contribution in [0.25, 0.3) is 0 Å². The molecule has 17 heavy (non-hydrogen) atoms. The quantitative estimate of drug-likeness (QED) is 0.866. The topological polar surface area (TPSA) is 50.7 Å². The SMILES string of the molecule is Cc1nc(Cl)cc(NCC(C)c2nccs2)n1. The van der Waals surface area contributed by atoms with Crippen LogP contribution >= 0.6 is 22.9 Å². The van der Waals surface area contributed by atoms with Gasteiger partial charge in [-0.1, -0.05) is 18.5 Å². The van der Waals surface area contributed by atoms with Gasteiger partial charge < -0.3 is 5.32 Å². The summed E-state index contributed by atoms with van der Waals surface area (Å²) in [6, 6.07) is 1.73. The maximum absolute atomic E-state index is 5.86. The molecule has 2 rings (SSSR count). The minimum absolute atomic E-state index is 0.351. The second-order valence-electron chi connectivity index (χ2n) is 3.78. The normalized spacial score (nSPS) is 12.4. The molecule has 0 amide bonds. The first kappa shape index (κ1) is 12.3. The van der Waals surface area contributed by atoms with Crippen molar-refractivity contribution in [3.8, 4) is 0 Å². The molecule has 1 unspecified atom stereocenters. The van der Waals surface area contributed by atoms with E-state index in [0.717, 1.165) is 17.4 Å². The highest BCUT2D eigenvalue weighted by molar-refractivity contribution is 7.09. The lowest BCUT2D eigenvalue weighted by molar-refractivity contribution is 0.790. The number of aryl methyl sites for hydroxylation is 1. The molecule has 0 radical (unpaired) electrons. The molecule has 2 aromatic rings. The molecule has 0 aromatic carbocycles. The van der Waals surface area contributed by atoms with Gasteiger partial charge in [0.2, 0.25) is 0 Å². The third-order valence-electron chi connectivity index (χ3n) is 2.27. The van der Waals surface area contributed by atoms with Crippen LogP contribution in [0.4, 0.5) is 5.82 Å². The lowest BCUT2D eigenvalue weighted by Gasteiger charge is -2.10. The molecule has 0 bridgehead atoms. The number of hydrogen-bond acceptors (Lipinski definition) is 5. The van der Waals surface area contributed by atoms with Gasteiger partial charge in [0.05, 0.1) is 5.01 Å². The van der Waals surface area contributed by atoms with E-state index in [0.29, 0.717) is 16.9 Å². The van der Waals surface area contributed by atoms with E-state index in [4.69, 9.17) is 11.6 Å². The molecule has 0 aliphatic rings. The Morgan fingerprint density at radius 2 is 2.29 bits per heavy atom. The largest absolute Gasteiger partial charge is 0.369 e. The summed E-state index contributed by atoms with van der Waals surface area (Å²) in [6.45, 7) is 4.73. The summed E-state index contributed by atoms with van der Waals surface area (Å²) in [5, 5.41) is 6.81. The molecule has 1 atom stereocenters. The molecular weight excluding hydrogens is 256 g/mol. The predicted molar refractivity (Wildman–Crippen MR) is 70.8 cm³/mol. The molecule has 2 aromatic heterocycles. The van der Waals surface area contributed by atoms with E-state index < -0.39 is 0 Å². The van der Waals surface area contributed by atoms with Crippen molar-refractivity contribution in [1.29, 1.82) is 0 Å². The van der Waals surface area contributed by atoms with E-state index >= 15 is 0 Å². The molecule has 0 saturated carbocycles. The third kappa shape index (κ3) is 3.38. The third-order valence-corrected chi connectivity index (χ3v) is 3.47. The van der Waals surface area contributed by atoms with Gasteiger partial charge in [0.1, 0.15) is 16.8 Å². The number of thiazole rings is 1. The molecule has 4 nitrogen and oxygen atoms in total. The number of hydrogen-bond donors (Lipinski definition) is 1. The van der Waals surface area contributed by atoms with Crippen LogP contribution in [0, 0.1) is 6.92 Å². The van der Waals surface area contributed by atoms with Crippen LogP contribution in [0.5, 0.6) is 0 Å². The molecule has 0 spiro atoms. The molecule has 1 N–H and O–H groups in total. The van der Waals surface area contributed by atoms with Crippen LogP contribution in [-0.2, 0) is 0 Å². The van der Waals surface area contributed by atoms with Crippen LogP contribution in [-0.4, -0.2) is 21.5 Å². The number of nitrogens with zero attached hydrogens (tertiary/aromatic N) is 3. The highest BCUT2D eigenvalue weighted by Crippen LogP contribution is 2.18. The number of aromatic nitrogens is 3. The first-order valence-electron chi connectivity index (χ1n) is 5.29. The number of halogens is 1. The van der Waals surface area contributed by atoms with Crippen LogP contribution < -0.4 is 5.32 Å². The van der Waals surface area contributed by atoms with Gasteiger partial charge in [0.25, 0.3) is 0 Å². The van der Waals surface area contributed by atoms with Crippen LogP contribution in [0.15, 0.2) is 17.6 Å². The Balaban J connectivity index is 1.98. The zero-order valence-corrected chi connectivity index (χ0v) is 11.2. The molecule has 0 fully saturated rings. The Bertz CT molecular complexity index is 466. The van der Waals surface area contributed by atoms with Crippen molar-refractivity contribution in [1.82, 2.24) is 15.0 Å². The van der Waals surface area contributed by atoms with E-state index in [-0.39, 0.29) is 0 Å². The predicted octanol–water partition coefficient (Wildman–Crippen LogP) is 3.11. The van der Waals surface area contributed by atoms with E-state index in [1.807, 2.05) is 18.5 Å². The Morgan fingerprint density at radius 3 is 2.94 bits per heavy atom. The van der Waals surface area contributed by atoms with E-state index in [2.05, 4.69) is 27.2 Å². The van der Waals surface area contributed by atoms with Crippen molar-refractivity contribution in [3.63, 3.8) is 0 Å². The molecule has 6 heteroatoms. The monoisotopic (exact) mass is 268 g/mol. The molecule has 0 saturated heterocycles. The standard InChI is InChI=1S/C11H13ClN4S/c1-7(11-13-3-4-17-11)6-14-10-5-9(12)15-8(2)16-10/h3-5,7H,6H2,1-2H3,(H,14,15,16). The fraction of sp³-hybridized carbons (Fsp3) is 0.364. The first-order valence-corrected chi connectivity index (χ1v) is 6.55. The zero-order chi connectivity index (χ0) is 12.3. The summed E-state index contributed by atoms with van der Waals surface area (Å²) in [4.78, 5) is 12.6. The Kier molecular flexibility index (Phi) is 3.91. The Hall–Kier alpha value is -1.20. The van der Waals surface area contributed by atoms with Crippen molar-refractivity contribution in [3.05, 3.63) is 33.6 Å². The summed E-state index contributed by atoms with van der Waals surface area (Å²) in [5.41, 5.74) is 0. The first-order chi connectivity index (χ1) is 8.15. The minimum atomic E-state index is 0.351. The summed E-state index contributed by atoms with van der Waals surface area (Å²) in [5.74, 6) is 1.77. The highest BCUT2D eigenvalue weighted by Gasteiger charge is 2.08. The van der Waals surface area contributed by atoms with Gasteiger partial charge in [-0.3, -0.25) is 0 Å². The van der Waals surface area contributed by atoms with Crippen molar-refractivity contribution in [2.75, 3.05) is 11.9 Å². The lowest BCUT2D eigenvalue weighted by Crippen LogP contribution is -2.11. The highest BCUT2D eigenvalue weighted by atomic mass is 35.5. The van der Waals surface area contributed by atoms with Gasteiger partial charge >= 0.3 is 0 Å². The number of rotatable bonds is 4. The fourth-order valence-corrected chi connectivity index (χ4v) is 2.37. The number of anilines is 1. The summed E-state index contributed by atoms with van der Waals surface area (Å²) in [6.07, 6.45) is 1.82. The molecule has 0 aliphatic carbocycles. The van der Waals surface area contributed by atoms with Gasteiger partial charge in [0, 0.05) is 30.1 Å². The van der Waals surface area contributed by atoms with Crippen LogP contribution in [0.1, 0.15) is 23.7 Å². The second-order valence-corrected chi connectivity index (χ2v) is 5.09.